The second kappa shape index (κ2) is 10.1. The molecule has 2 aromatic carbocycles. The smallest absolute Gasteiger partial charge is 0.229 e. The van der Waals surface area contributed by atoms with Gasteiger partial charge in [-0.3, -0.25) is 9.78 Å². The van der Waals surface area contributed by atoms with Crippen LogP contribution in [0.25, 0.3) is 11.3 Å². The molecule has 176 valence electrons. The van der Waals surface area contributed by atoms with Crippen molar-refractivity contribution in [3.63, 3.8) is 0 Å². The average molecular weight is 459 g/mol. The van der Waals surface area contributed by atoms with Gasteiger partial charge in [-0.2, -0.15) is 0 Å². The minimum absolute atomic E-state index is 0.151. The molecule has 3 aromatic rings. The van der Waals surface area contributed by atoms with Gasteiger partial charge in [-0.05, 0) is 61.9 Å². The van der Waals surface area contributed by atoms with Crippen molar-refractivity contribution < 1.29 is 13.9 Å². The number of carbonyl (C=O) groups is 1. The van der Waals surface area contributed by atoms with Gasteiger partial charge < -0.3 is 9.64 Å². The third-order valence-electron chi connectivity index (χ3n) is 7.34. The first kappa shape index (κ1) is 22.7. The Morgan fingerprint density at radius 2 is 1.76 bits per heavy atom. The van der Waals surface area contributed by atoms with Gasteiger partial charge in [-0.15, -0.1) is 0 Å². The standard InChI is InChI=1S/C29H31FN2O2/c30-25-12-5-4-11-24(25)27-14-6-13-26(31-27)23-10-7-17-32(21-23)28(33)29(15-18-34-19-16-29)20-22-8-2-1-3-9-22/h1-6,8-9,11-14,23H,7,10,15-21H2/t23-/m1/s1. The second-order valence-corrected chi connectivity index (χ2v) is 9.57. The predicted octanol–water partition coefficient (Wildman–Crippen LogP) is 5.63. The van der Waals surface area contributed by atoms with Gasteiger partial charge in [0, 0.05) is 43.5 Å². The summed E-state index contributed by atoms with van der Waals surface area (Å²) in [5.74, 6) is 0.127. The molecular weight excluding hydrogens is 427 g/mol. The molecule has 2 aliphatic rings. The van der Waals surface area contributed by atoms with Gasteiger partial charge in [0.2, 0.25) is 5.91 Å². The first-order chi connectivity index (χ1) is 16.6. The number of halogens is 1. The molecule has 1 amide bonds. The first-order valence-corrected chi connectivity index (χ1v) is 12.3. The van der Waals surface area contributed by atoms with E-state index in [-0.39, 0.29) is 17.6 Å². The number of nitrogens with zero attached hydrogens (tertiary/aromatic N) is 2. The van der Waals surface area contributed by atoms with Gasteiger partial charge >= 0.3 is 0 Å². The molecule has 0 spiro atoms. The topological polar surface area (TPSA) is 42.4 Å². The van der Waals surface area contributed by atoms with Crippen LogP contribution in [0, 0.1) is 11.2 Å². The van der Waals surface area contributed by atoms with Gasteiger partial charge in [-0.1, -0.05) is 48.5 Å². The number of aromatic nitrogens is 1. The second-order valence-electron chi connectivity index (χ2n) is 9.57. The van der Waals surface area contributed by atoms with E-state index in [1.807, 2.05) is 42.5 Å². The zero-order chi connectivity index (χ0) is 23.4. The summed E-state index contributed by atoms with van der Waals surface area (Å²) in [5.41, 5.74) is 2.87. The van der Waals surface area contributed by atoms with E-state index >= 15 is 0 Å². The van der Waals surface area contributed by atoms with Crippen LogP contribution in [-0.2, 0) is 16.0 Å². The quantitative estimate of drug-likeness (QED) is 0.497. The molecule has 4 nitrogen and oxygen atoms in total. The van der Waals surface area contributed by atoms with Crippen LogP contribution < -0.4 is 0 Å². The highest BCUT2D eigenvalue weighted by atomic mass is 19.1. The maximum atomic E-state index is 14.3. The minimum Gasteiger partial charge on any atom is -0.381 e. The highest BCUT2D eigenvalue weighted by Crippen LogP contribution is 2.38. The van der Waals surface area contributed by atoms with E-state index in [1.54, 1.807) is 12.1 Å². The third kappa shape index (κ3) is 4.76. The Hall–Kier alpha value is -3.05. The van der Waals surface area contributed by atoms with Gasteiger partial charge in [-0.25, -0.2) is 4.39 Å². The number of ether oxygens (including phenoxy) is 1. The molecule has 5 rings (SSSR count). The highest BCUT2D eigenvalue weighted by Gasteiger charge is 2.43. The molecule has 1 atom stereocenters. The van der Waals surface area contributed by atoms with E-state index in [4.69, 9.17) is 9.72 Å². The van der Waals surface area contributed by atoms with Gasteiger partial charge in [0.25, 0.3) is 0 Å². The molecule has 0 N–H and O–H groups in total. The molecule has 0 saturated carbocycles. The molecule has 0 aliphatic carbocycles. The van der Waals surface area contributed by atoms with E-state index in [0.29, 0.717) is 31.0 Å². The Bertz CT molecular complexity index is 1130. The fourth-order valence-corrected chi connectivity index (χ4v) is 5.45. The number of hydrogen-bond acceptors (Lipinski definition) is 3. The fraction of sp³-hybridized carbons (Fsp3) is 0.379. The third-order valence-corrected chi connectivity index (χ3v) is 7.34. The average Bonchev–Trinajstić information content (AvgIpc) is 2.90. The number of carbonyl (C=O) groups excluding carboxylic acids is 1. The number of piperidine rings is 1. The molecule has 5 heteroatoms. The highest BCUT2D eigenvalue weighted by molar-refractivity contribution is 5.83. The van der Waals surface area contributed by atoms with Crippen molar-refractivity contribution in [1.82, 2.24) is 9.88 Å². The fourth-order valence-electron chi connectivity index (χ4n) is 5.45. The monoisotopic (exact) mass is 458 g/mol. The van der Waals surface area contributed by atoms with Crippen molar-refractivity contribution in [2.24, 2.45) is 5.41 Å². The summed E-state index contributed by atoms with van der Waals surface area (Å²) in [7, 11) is 0. The summed E-state index contributed by atoms with van der Waals surface area (Å²) < 4.78 is 20.0. The van der Waals surface area contributed by atoms with Crippen molar-refractivity contribution in [1.29, 1.82) is 0 Å². The Morgan fingerprint density at radius 3 is 2.56 bits per heavy atom. The Kier molecular flexibility index (Phi) is 6.73. The van der Waals surface area contributed by atoms with Crippen molar-refractivity contribution in [3.05, 3.63) is 89.9 Å². The van der Waals surface area contributed by atoms with Crippen LogP contribution in [0.3, 0.4) is 0 Å². The Balaban J connectivity index is 1.37. The molecule has 0 radical (unpaired) electrons. The predicted molar refractivity (Wildman–Crippen MR) is 131 cm³/mol. The molecule has 1 aromatic heterocycles. The number of likely N-dealkylation sites (tertiary alicyclic amines) is 1. The summed E-state index contributed by atoms with van der Waals surface area (Å²) in [5, 5.41) is 0. The van der Waals surface area contributed by atoms with E-state index in [9.17, 15) is 9.18 Å². The summed E-state index contributed by atoms with van der Waals surface area (Å²) >= 11 is 0. The number of pyridine rings is 1. The molecule has 2 fully saturated rings. The summed E-state index contributed by atoms with van der Waals surface area (Å²) in [6.45, 7) is 2.69. The summed E-state index contributed by atoms with van der Waals surface area (Å²) in [6, 6.07) is 22.9. The Morgan fingerprint density at radius 1 is 1.00 bits per heavy atom. The van der Waals surface area contributed by atoms with Gasteiger partial charge in [0.15, 0.2) is 0 Å². The van der Waals surface area contributed by atoms with Gasteiger partial charge in [0.1, 0.15) is 5.82 Å². The lowest BCUT2D eigenvalue weighted by molar-refractivity contribution is -0.149. The summed E-state index contributed by atoms with van der Waals surface area (Å²) in [6.07, 6.45) is 4.18. The molecule has 34 heavy (non-hydrogen) atoms. The van der Waals surface area contributed by atoms with E-state index in [0.717, 1.165) is 44.3 Å². The lowest BCUT2D eigenvalue weighted by atomic mass is 9.73. The number of hydrogen-bond donors (Lipinski definition) is 0. The lowest BCUT2D eigenvalue weighted by Crippen LogP contribution is -2.51. The van der Waals surface area contributed by atoms with Gasteiger partial charge in [0.05, 0.1) is 11.1 Å². The SMILES string of the molecule is O=C(N1CCC[C@@H](c2cccc(-c3ccccc3F)n2)C1)C1(Cc2ccccc2)CCOCC1. The number of rotatable bonds is 5. The van der Waals surface area contributed by atoms with Crippen LogP contribution in [0.5, 0.6) is 0 Å². The van der Waals surface area contributed by atoms with Crippen LogP contribution in [0.4, 0.5) is 4.39 Å². The largest absolute Gasteiger partial charge is 0.381 e. The normalized spacial score (nSPS) is 20.1. The maximum absolute atomic E-state index is 14.3. The van der Waals surface area contributed by atoms with Crippen LogP contribution in [0.1, 0.15) is 42.9 Å². The molecule has 3 heterocycles. The zero-order valence-electron chi connectivity index (χ0n) is 19.5. The molecule has 0 bridgehead atoms. The zero-order valence-corrected chi connectivity index (χ0v) is 19.5. The Labute approximate surface area is 200 Å². The minimum atomic E-state index is -0.413. The summed E-state index contributed by atoms with van der Waals surface area (Å²) in [4.78, 5) is 20.9. The number of amides is 1. The van der Waals surface area contributed by atoms with Crippen molar-refractivity contribution >= 4 is 5.91 Å². The van der Waals surface area contributed by atoms with Crippen molar-refractivity contribution in [3.8, 4) is 11.3 Å². The molecule has 2 aliphatic heterocycles. The van der Waals surface area contributed by atoms with Crippen LogP contribution in [-0.4, -0.2) is 42.1 Å². The van der Waals surface area contributed by atoms with Crippen molar-refractivity contribution in [2.75, 3.05) is 26.3 Å². The molecule has 2 saturated heterocycles. The van der Waals surface area contributed by atoms with E-state index in [2.05, 4.69) is 17.0 Å². The van der Waals surface area contributed by atoms with E-state index < -0.39 is 5.41 Å². The molecular formula is C29H31FN2O2. The molecule has 0 unspecified atom stereocenters. The van der Waals surface area contributed by atoms with Crippen molar-refractivity contribution in [2.45, 2.75) is 38.0 Å². The van der Waals surface area contributed by atoms with Crippen LogP contribution in [0.2, 0.25) is 0 Å². The van der Waals surface area contributed by atoms with Crippen LogP contribution >= 0.6 is 0 Å². The first-order valence-electron chi connectivity index (χ1n) is 12.3. The maximum Gasteiger partial charge on any atom is 0.229 e. The lowest BCUT2D eigenvalue weighted by Gasteiger charge is -2.42. The van der Waals surface area contributed by atoms with Crippen LogP contribution in [0.15, 0.2) is 72.8 Å². The van der Waals surface area contributed by atoms with E-state index in [1.165, 1.54) is 11.6 Å². The number of benzene rings is 2.